The Morgan fingerprint density at radius 2 is 1.79 bits per heavy atom. The highest BCUT2D eigenvalue weighted by molar-refractivity contribution is 7.11. The Balaban J connectivity index is 1.72. The molecule has 1 aliphatic heterocycles. The molecule has 1 N–H and O–H groups in total. The van der Waals surface area contributed by atoms with Gasteiger partial charge in [0.1, 0.15) is 11.5 Å². The largest absolute Gasteiger partial charge is 0.350 e. The van der Waals surface area contributed by atoms with Gasteiger partial charge in [0.15, 0.2) is 0 Å². The number of halogens is 2. The minimum Gasteiger partial charge on any atom is -0.350 e. The summed E-state index contributed by atoms with van der Waals surface area (Å²) in [5.41, 5.74) is 2.64. The van der Waals surface area contributed by atoms with Crippen LogP contribution < -0.4 is 5.32 Å². The van der Waals surface area contributed by atoms with Gasteiger partial charge in [-0.15, -0.1) is 11.3 Å². The normalized spacial score (nSPS) is 14.1. The quantitative estimate of drug-likeness (QED) is 0.567. The predicted molar refractivity (Wildman–Crippen MR) is 113 cm³/mol. The van der Waals surface area contributed by atoms with E-state index < -0.39 is 5.91 Å². The van der Waals surface area contributed by atoms with E-state index in [0.29, 0.717) is 26.7 Å². The highest BCUT2D eigenvalue weighted by Crippen LogP contribution is 2.35. The first kappa shape index (κ1) is 19.4. The van der Waals surface area contributed by atoms with Crippen LogP contribution in [0.3, 0.4) is 0 Å². The van der Waals surface area contributed by atoms with E-state index in [4.69, 9.17) is 11.6 Å². The number of anilines is 1. The van der Waals surface area contributed by atoms with E-state index in [-0.39, 0.29) is 24.0 Å². The summed E-state index contributed by atoms with van der Waals surface area (Å²) in [5.74, 6) is -1.19. The zero-order valence-corrected chi connectivity index (χ0v) is 17.0. The van der Waals surface area contributed by atoms with Crippen LogP contribution in [0.15, 0.2) is 65.7 Å². The molecule has 0 saturated carbocycles. The summed E-state index contributed by atoms with van der Waals surface area (Å²) in [4.78, 5) is 28.2. The summed E-state index contributed by atoms with van der Waals surface area (Å²) >= 11 is 7.59. The third-order valence-corrected chi connectivity index (χ3v) is 6.01. The van der Waals surface area contributed by atoms with Crippen molar-refractivity contribution in [2.45, 2.75) is 13.5 Å². The maximum Gasteiger partial charge on any atom is 0.278 e. The average molecular weight is 427 g/mol. The summed E-state index contributed by atoms with van der Waals surface area (Å²) in [5, 5.41) is 5.54. The van der Waals surface area contributed by atoms with E-state index in [9.17, 15) is 14.0 Å². The van der Waals surface area contributed by atoms with Crippen molar-refractivity contribution in [1.29, 1.82) is 0 Å². The Bertz CT molecular complexity index is 1120. The topological polar surface area (TPSA) is 49.4 Å². The maximum atomic E-state index is 13.2. The van der Waals surface area contributed by atoms with E-state index in [1.165, 1.54) is 28.4 Å². The van der Waals surface area contributed by atoms with Gasteiger partial charge < -0.3 is 5.32 Å². The number of carbonyl (C=O) groups excluding carboxylic acids is 2. The van der Waals surface area contributed by atoms with Gasteiger partial charge in [0.25, 0.3) is 11.8 Å². The first-order valence-electron chi connectivity index (χ1n) is 8.86. The summed E-state index contributed by atoms with van der Waals surface area (Å²) in [6.07, 6.45) is 0. The molecule has 0 atom stereocenters. The van der Waals surface area contributed by atoms with E-state index in [2.05, 4.69) is 5.32 Å². The molecule has 0 saturated heterocycles. The molecule has 0 aliphatic carbocycles. The molecule has 3 aromatic rings. The number of carbonyl (C=O) groups is 2. The van der Waals surface area contributed by atoms with Gasteiger partial charge in [0.2, 0.25) is 0 Å². The van der Waals surface area contributed by atoms with Crippen LogP contribution in [0.5, 0.6) is 0 Å². The standard InChI is InChI=1S/C22H16ClFN2O2S/c1-13-16(23)4-2-5-17(13)25-20-19(18-6-3-11-29-18)21(27)26(22(20)28)12-14-7-9-15(24)10-8-14/h2-11,25H,12H2,1H3. The smallest absolute Gasteiger partial charge is 0.278 e. The number of hydrogen-bond acceptors (Lipinski definition) is 4. The number of hydrogen-bond donors (Lipinski definition) is 1. The Morgan fingerprint density at radius 1 is 1.03 bits per heavy atom. The molecule has 7 heteroatoms. The number of rotatable bonds is 5. The van der Waals surface area contributed by atoms with Crippen LogP contribution in [0, 0.1) is 12.7 Å². The molecule has 146 valence electrons. The second kappa shape index (κ2) is 7.81. The van der Waals surface area contributed by atoms with Crippen LogP contribution in [0.2, 0.25) is 5.02 Å². The first-order chi connectivity index (χ1) is 14.0. The zero-order valence-electron chi connectivity index (χ0n) is 15.4. The van der Waals surface area contributed by atoms with Gasteiger partial charge in [-0.2, -0.15) is 0 Å². The predicted octanol–water partition coefficient (Wildman–Crippen LogP) is 5.24. The van der Waals surface area contributed by atoms with Crippen molar-refractivity contribution in [1.82, 2.24) is 4.90 Å². The molecule has 2 heterocycles. The minimum atomic E-state index is -0.429. The van der Waals surface area contributed by atoms with Crippen LogP contribution >= 0.6 is 22.9 Å². The van der Waals surface area contributed by atoms with Gasteiger partial charge >= 0.3 is 0 Å². The van der Waals surface area contributed by atoms with Crippen molar-refractivity contribution in [3.05, 3.63) is 92.5 Å². The SMILES string of the molecule is Cc1c(Cl)cccc1NC1=C(c2cccs2)C(=O)N(Cc2ccc(F)cc2)C1=O. The maximum absolute atomic E-state index is 13.2. The van der Waals surface area contributed by atoms with Crippen molar-refractivity contribution in [3.8, 4) is 0 Å². The molecular weight excluding hydrogens is 411 g/mol. The molecule has 0 spiro atoms. The van der Waals surface area contributed by atoms with Gasteiger partial charge in [-0.25, -0.2) is 4.39 Å². The summed E-state index contributed by atoms with van der Waals surface area (Å²) < 4.78 is 13.2. The molecule has 29 heavy (non-hydrogen) atoms. The minimum absolute atomic E-state index is 0.0620. The number of amides is 2. The second-order valence-electron chi connectivity index (χ2n) is 6.59. The van der Waals surface area contributed by atoms with Crippen molar-refractivity contribution in [2.75, 3.05) is 5.32 Å². The van der Waals surface area contributed by atoms with E-state index >= 15 is 0 Å². The van der Waals surface area contributed by atoms with Gasteiger partial charge in [-0.1, -0.05) is 35.9 Å². The van der Waals surface area contributed by atoms with Gasteiger partial charge in [0.05, 0.1) is 12.1 Å². The zero-order chi connectivity index (χ0) is 20.5. The molecule has 0 radical (unpaired) electrons. The number of thiophene rings is 1. The van der Waals surface area contributed by atoms with Crippen molar-refractivity contribution >= 4 is 46.0 Å². The Hall–Kier alpha value is -2.96. The lowest BCUT2D eigenvalue weighted by Crippen LogP contribution is -2.32. The molecule has 4 nitrogen and oxygen atoms in total. The van der Waals surface area contributed by atoms with Crippen LogP contribution in [0.25, 0.3) is 5.57 Å². The van der Waals surface area contributed by atoms with E-state index in [0.717, 1.165) is 5.56 Å². The second-order valence-corrected chi connectivity index (χ2v) is 7.94. The molecule has 2 amide bonds. The monoisotopic (exact) mass is 426 g/mol. The average Bonchev–Trinajstić information content (AvgIpc) is 3.30. The lowest BCUT2D eigenvalue weighted by atomic mass is 10.1. The van der Waals surface area contributed by atoms with E-state index in [1.807, 2.05) is 18.4 Å². The highest BCUT2D eigenvalue weighted by Gasteiger charge is 2.39. The fraction of sp³-hybridized carbons (Fsp3) is 0.0909. The Labute approximate surface area is 176 Å². The van der Waals surface area contributed by atoms with Gasteiger partial charge in [-0.3, -0.25) is 14.5 Å². The van der Waals surface area contributed by atoms with Crippen LogP contribution in [-0.2, 0) is 16.1 Å². The lowest BCUT2D eigenvalue weighted by molar-refractivity contribution is -0.137. The number of nitrogens with zero attached hydrogens (tertiary/aromatic N) is 1. The summed E-state index contributed by atoms with van der Waals surface area (Å²) in [6.45, 7) is 1.90. The molecule has 2 aromatic carbocycles. The fourth-order valence-electron chi connectivity index (χ4n) is 3.13. The first-order valence-corrected chi connectivity index (χ1v) is 10.1. The third kappa shape index (κ3) is 3.69. The van der Waals surface area contributed by atoms with Gasteiger partial charge in [0, 0.05) is 15.6 Å². The van der Waals surface area contributed by atoms with Crippen LogP contribution in [-0.4, -0.2) is 16.7 Å². The molecule has 1 aliphatic rings. The molecule has 0 bridgehead atoms. The van der Waals surface area contributed by atoms with Crippen molar-refractivity contribution in [2.24, 2.45) is 0 Å². The number of benzene rings is 2. The third-order valence-electron chi connectivity index (χ3n) is 4.72. The lowest BCUT2D eigenvalue weighted by Gasteiger charge is -2.16. The summed E-state index contributed by atoms with van der Waals surface area (Å²) in [7, 11) is 0. The molecule has 0 unspecified atom stereocenters. The van der Waals surface area contributed by atoms with E-state index in [1.54, 1.807) is 36.4 Å². The highest BCUT2D eigenvalue weighted by atomic mass is 35.5. The molecule has 0 fully saturated rings. The van der Waals surface area contributed by atoms with Gasteiger partial charge in [-0.05, 0) is 53.8 Å². The molecular formula is C22H16ClFN2O2S. The van der Waals surface area contributed by atoms with Crippen LogP contribution in [0.1, 0.15) is 16.0 Å². The van der Waals surface area contributed by atoms with Crippen LogP contribution in [0.4, 0.5) is 10.1 Å². The van der Waals surface area contributed by atoms with Crippen molar-refractivity contribution in [3.63, 3.8) is 0 Å². The van der Waals surface area contributed by atoms with Crippen molar-refractivity contribution < 1.29 is 14.0 Å². The fourth-order valence-corrected chi connectivity index (χ4v) is 4.08. The Morgan fingerprint density at radius 3 is 2.48 bits per heavy atom. The molecule has 1 aromatic heterocycles. The molecule has 4 rings (SSSR count). The Kier molecular flexibility index (Phi) is 5.22. The summed E-state index contributed by atoms with van der Waals surface area (Å²) in [6, 6.07) is 14.7. The number of imide groups is 1. The number of nitrogens with one attached hydrogen (secondary N) is 1.